The molecule has 4 nitrogen and oxygen atoms in total. The van der Waals surface area contributed by atoms with E-state index in [2.05, 4.69) is 89.2 Å². The standard InChI is InChI=1S/C21H30N4.HI/c1-22-21(23-15-7-10-18-8-5-4-6-9-18)24-16-19-11-13-20(14-12-19)17-25(2)3;/h4-6,8-9,11-14H,7,10,15-17H2,1-3H3,(H2,22,23,24);1H. The Kier molecular flexibility index (Phi) is 11.0. The number of nitrogens with one attached hydrogen (secondary N) is 2. The van der Waals surface area contributed by atoms with Gasteiger partial charge in [0, 0.05) is 26.7 Å². The molecule has 0 atom stereocenters. The maximum Gasteiger partial charge on any atom is 0.191 e. The van der Waals surface area contributed by atoms with Gasteiger partial charge in [-0.2, -0.15) is 0 Å². The Hall–Kier alpha value is -1.60. The van der Waals surface area contributed by atoms with Gasteiger partial charge in [-0.05, 0) is 43.6 Å². The van der Waals surface area contributed by atoms with Crippen LogP contribution in [0.5, 0.6) is 0 Å². The van der Waals surface area contributed by atoms with Gasteiger partial charge in [-0.25, -0.2) is 0 Å². The van der Waals surface area contributed by atoms with Crippen molar-refractivity contribution in [2.24, 2.45) is 4.99 Å². The van der Waals surface area contributed by atoms with E-state index in [1.54, 1.807) is 0 Å². The van der Waals surface area contributed by atoms with E-state index in [-0.39, 0.29) is 24.0 Å². The molecule has 26 heavy (non-hydrogen) atoms. The number of hydrogen-bond acceptors (Lipinski definition) is 2. The lowest BCUT2D eigenvalue weighted by atomic mass is 10.1. The van der Waals surface area contributed by atoms with Gasteiger partial charge in [0.15, 0.2) is 5.96 Å². The highest BCUT2D eigenvalue weighted by atomic mass is 127. The third-order valence-electron chi connectivity index (χ3n) is 3.98. The number of aliphatic imine (C=N–C) groups is 1. The second kappa shape index (κ2) is 12.7. The van der Waals surface area contributed by atoms with Gasteiger partial charge in [0.1, 0.15) is 0 Å². The van der Waals surface area contributed by atoms with Gasteiger partial charge in [0.2, 0.25) is 0 Å². The monoisotopic (exact) mass is 466 g/mol. The summed E-state index contributed by atoms with van der Waals surface area (Å²) in [5, 5.41) is 6.75. The number of halogens is 1. The van der Waals surface area contributed by atoms with Crippen molar-refractivity contribution in [2.45, 2.75) is 25.9 Å². The molecule has 2 N–H and O–H groups in total. The van der Waals surface area contributed by atoms with E-state index in [1.165, 1.54) is 16.7 Å². The first-order valence-electron chi connectivity index (χ1n) is 8.88. The van der Waals surface area contributed by atoms with Crippen LogP contribution in [0.4, 0.5) is 0 Å². The average Bonchev–Trinajstić information content (AvgIpc) is 2.63. The van der Waals surface area contributed by atoms with Gasteiger partial charge >= 0.3 is 0 Å². The molecular weight excluding hydrogens is 435 g/mol. The third-order valence-corrected chi connectivity index (χ3v) is 3.98. The smallest absolute Gasteiger partial charge is 0.191 e. The van der Waals surface area contributed by atoms with Gasteiger partial charge in [-0.15, -0.1) is 24.0 Å². The molecule has 0 spiro atoms. The molecule has 142 valence electrons. The van der Waals surface area contributed by atoms with Crippen LogP contribution in [-0.4, -0.2) is 38.5 Å². The Morgan fingerprint density at radius 3 is 2.15 bits per heavy atom. The lowest BCUT2D eigenvalue weighted by molar-refractivity contribution is 0.402. The fourth-order valence-electron chi connectivity index (χ4n) is 2.68. The van der Waals surface area contributed by atoms with E-state index >= 15 is 0 Å². The Bertz CT molecular complexity index is 639. The molecule has 0 saturated carbocycles. The number of nitrogens with zero attached hydrogens (tertiary/aromatic N) is 2. The zero-order chi connectivity index (χ0) is 17.9. The third kappa shape index (κ3) is 8.67. The van der Waals surface area contributed by atoms with Crippen LogP contribution < -0.4 is 10.6 Å². The second-order valence-electron chi connectivity index (χ2n) is 6.50. The minimum Gasteiger partial charge on any atom is -0.356 e. The topological polar surface area (TPSA) is 39.7 Å². The van der Waals surface area contributed by atoms with Crippen LogP contribution in [0.2, 0.25) is 0 Å². The summed E-state index contributed by atoms with van der Waals surface area (Å²) >= 11 is 0. The quantitative estimate of drug-likeness (QED) is 0.270. The summed E-state index contributed by atoms with van der Waals surface area (Å²) in [6.45, 7) is 2.66. The van der Waals surface area contributed by atoms with Crippen LogP contribution in [-0.2, 0) is 19.5 Å². The number of guanidine groups is 1. The number of hydrogen-bond donors (Lipinski definition) is 2. The number of aryl methyl sites for hydroxylation is 1. The minimum absolute atomic E-state index is 0. The van der Waals surface area contributed by atoms with Gasteiger partial charge in [0.25, 0.3) is 0 Å². The molecule has 0 amide bonds. The first-order valence-corrected chi connectivity index (χ1v) is 8.88. The molecule has 2 aromatic rings. The van der Waals surface area contributed by atoms with Gasteiger partial charge < -0.3 is 15.5 Å². The van der Waals surface area contributed by atoms with Gasteiger partial charge in [-0.1, -0.05) is 54.6 Å². The fraction of sp³-hybridized carbons (Fsp3) is 0.381. The molecule has 0 aromatic heterocycles. The number of benzene rings is 2. The summed E-state index contributed by atoms with van der Waals surface area (Å²) < 4.78 is 0. The zero-order valence-corrected chi connectivity index (χ0v) is 18.4. The normalized spacial score (nSPS) is 11.2. The Labute approximate surface area is 175 Å². The molecule has 0 aliphatic carbocycles. The van der Waals surface area contributed by atoms with Crippen molar-refractivity contribution in [3.8, 4) is 0 Å². The maximum absolute atomic E-state index is 4.29. The molecule has 0 radical (unpaired) electrons. The summed E-state index contributed by atoms with van der Waals surface area (Å²) in [4.78, 5) is 6.47. The second-order valence-corrected chi connectivity index (χ2v) is 6.50. The van der Waals surface area contributed by atoms with E-state index in [9.17, 15) is 0 Å². The molecule has 0 aliphatic rings. The Morgan fingerprint density at radius 2 is 1.54 bits per heavy atom. The van der Waals surface area contributed by atoms with Crippen molar-refractivity contribution in [2.75, 3.05) is 27.7 Å². The van der Waals surface area contributed by atoms with Crippen molar-refractivity contribution in [1.29, 1.82) is 0 Å². The van der Waals surface area contributed by atoms with Crippen molar-refractivity contribution < 1.29 is 0 Å². The first-order chi connectivity index (χ1) is 12.2. The highest BCUT2D eigenvalue weighted by molar-refractivity contribution is 14.0. The predicted octanol–water partition coefficient (Wildman–Crippen LogP) is 3.66. The molecule has 0 unspecified atom stereocenters. The molecule has 0 heterocycles. The fourth-order valence-corrected chi connectivity index (χ4v) is 2.68. The molecule has 2 aromatic carbocycles. The zero-order valence-electron chi connectivity index (χ0n) is 16.0. The highest BCUT2D eigenvalue weighted by Crippen LogP contribution is 2.06. The molecule has 0 bridgehead atoms. The highest BCUT2D eigenvalue weighted by Gasteiger charge is 2.00. The summed E-state index contributed by atoms with van der Waals surface area (Å²) in [6, 6.07) is 19.3. The van der Waals surface area contributed by atoms with Gasteiger partial charge in [0.05, 0.1) is 0 Å². The summed E-state index contributed by atoms with van der Waals surface area (Å²) in [5.41, 5.74) is 3.97. The lowest BCUT2D eigenvalue weighted by Gasteiger charge is -2.13. The van der Waals surface area contributed by atoms with Gasteiger partial charge in [-0.3, -0.25) is 4.99 Å². The van der Waals surface area contributed by atoms with Crippen molar-refractivity contribution >= 4 is 29.9 Å². The predicted molar refractivity (Wildman–Crippen MR) is 122 cm³/mol. The molecule has 0 aliphatic heterocycles. The van der Waals surface area contributed by atoms with Crippen molar-refractivity contribution in [3.05, 3.63) is 71.3 Å². The Morgan fingerprint density at radius 1 is 0.885 bits per heavy atom. The maximum atomic E-state index is 4.29. The Balaban J connectivity index is 0.00000338. The first kappa shape index (κ1) is 22.4. The molecule has 2 rings (SSSR count). The largest absolute Gasteiger partial charge is 0.356 e. The van der Waals surface area contributed by atoms with Crippen LogP contribution in [0.1, 0.15) is 23.1 Å². The average molecular weight is 466 g/mol. The van der Waals surface area contributed by atoms with Crippen molar-refractivity contribution in [1.82, 2.24) is 15.5 Å². The van der Waals surface area contributed by atoms with Crippen LogP contribution >= 0.6 is 24.0 Å². The van der Waals surface area contributed by atoms with Crippen LogP contribution in [0.25, 0.3) is 0 Å². The summed E-state index contributed by atoms with van der Waals surface area (Å²) in [7, 11) is 5.98. The lowest BCUT2D eigenvalue weighted by Crippen LogP contribution is -2.37. The number of rotatable bonds is 8. The summed E-state index contributed by atoms with van der Waals surface area (Å²) in [5.74, 6) is 0.852. The molecule has 0 fully saturated rings. The molecular formula is C21H31IN4. The molecule has 5 heteroatoms. The van der Waals surface area contributed by atoms with E-state index in [4.69, 9.17) is 0 Å². The summed E-state index contributed by atoms with van der Waals surface area (Å²) in [6.07, 6.45) is 2.17. The van der Waals surface area contributed by atoms with Crippen LogP contribution in [0, 0.1) is 0 Å². The van der Waals surface area contributed by atoms with E-state index in [0.717, 1.165) is 38.4 Å². The van der Waals surface area contributed by atoms with Crippen molar-refractivity contribution in [3.63, 3.8) is 0 Å². The minimum atomic E-state index is 0. The van der Waals surface area contributed by atoms with E-state index < -0.39 is 0 Å². The SMILES string of the molecule is CN=C(NCCCc1ccccc1)NCc1ccc(CN(C)C)cc1.I. The van der Waals surface area contributed by atoms with Crippen LogP contribution in [0.3, 0.4) is 0 Å². The van der Waals surface area contributed by atoms with E-state index in [1.807, 2.05) is 7.05 Å². The molecule has 0 saturated heterocycles. The van der Waals surface area contributed by atoms with Crippen LogP contribution in [0.15, 0.2) is 59.6 Å². The van der Waals surface area contributed by atoms with E-state index in [0.29, 0.717) is 0 Å².